The van der Waals surface area contributed by atoms with Gasteiger partial charge in [0.2, 0.25) is 0 Å². The lowest BCUT2D eigenvalue weighted by atomic mass is 10.0. The predicted molar refractivity (Wildman–Crippen MR) is 110 cm³/mol. The van der Waals surface area contributed by atoms with Crippen LogP contribution in [0.15, 0.2) is 6.20 Å². The smallest absolute Gasteiger partial charge is 0.341 e. The first-order chi connectivity index (χ1) is 13.5. The van der Waals surface area contributed by atoms with Crippen molar-refractivity contribution >= 4 is 34.0 Å². The molecule has 148 valence electrons. The third-order valence-corrected chi connectivity index (χ3v) is 6.28. The van der Waals surface area contributed by atoms with Crippen LogP contribution in [0.1, 0.15) is 51.4 Å². The van der Waals surface area contributed by atoms with Gasteiger partial charge in [0, 0.05) is 25.2 Å². The van der Waals surface area contributed by atoms with Gasteiger partial charge in [0.25, 0.3) is 0 Å². The Balaban J connectivity index is 1.77. The number of ether oxygens (including phenoxy) is 1. The molecule has 0 spiro atoms. The average Bonchev–Trinajstić information content (AvgIpc) is 3.21. The topological polar surface area (TPSA) is 73.1 Å². The van der Waals surface area contributed by atoms with Gasteiger partial charge in [-0.3, -0.25) is 4.68 Å². The molecule has 0 N–H and O–H groups in total. The van der Waals surface area contributed by atoms with Crippen LogP contribution >= 0.6 is 11.3 Å². The van der Waals surface area contributed by atoms with E-state index in [9.17, 15) is 4.79 Å². The minimum atomic E-state index is -0.361. The molecule has 0 fully saturated rings. The second kappa shape index (κ2) is 7.50. The lowest BCUT2D eigenvalue weighted by Gasteiger charge is -2.22. The summed E-state index contributed by atoms with van der Waals surface area (Å²) in [5.74, 6) is -0.361. The van der Waals surface area contributed by atoms with Crippen LogP contribution in [0.5, 0.6) is 0 Å². The summed E-state index contributed by atoms with van der Waals surface area (Å²) in [6.45, 7) is 4.71. The zero-order chi connectivity index (χ0) is 19.8. The highest BCUT2D eigenvalue weighted by molar-refractivity contribution is 7.11. The summed E-state index contributed by atoms with van der Waals surface area (Å²) in [7, 11) is 3.86. The highest BCUT2D eigenvalue weighted by atomic mass is 32.1. The number of hydrogen-bond acceptors (Lipinski definition) is 7. The van der Waals surface area contributed by atoms with Crippen molar-refractivity contribution in [3.05, 3.63) is 33.0 Å². The standard InChI is InChI=1S/C20H25N5O2S/c1-5-27-20(26)13-10-21-19-17(12(2)23-25(19)4)18(13)24(3)11-16-22-14-8-6-7-9-15(14)28-16/h10H,5-9,11H2,1-4H3. The van der Waals surface area contributed by atoms with E-state index in [4.69, 9.17) is 9.72 Å². The molecule has 3 heterocycles. The number of anilines is 1. The van der Waals surface area contributed by atoms with Crippen LogP contribution in [-0.4, -0.2) is 39.4 Å². The van der Waals surface area contributed by atoms with Gasteiger partial charge in [-0.25, -0.2) is 14.8 Å². The van der Waals surface area contributed by atoms with Gasteiger partial charge in [0.1, 0.15) is 10.6 Å². The minimum absolute atomic E-state index is 0.325. The SMILES string of the molecule is CCOC(=O)c1cnc2c(c(C)nn2C)c1N(C)Cc1nc2c(s1)CCCC2. The van der Waals surface area contributed by atoms with Crippen molar-refractivity contribution in [1.29, 1.82) is 0 Å². The summed E-state index contributed by atoms with van der Waals surface area (Å²) < 4.78 is 7.03. The van der Waals surface area contributed by atoms with Crippen molar-refractivity contribution in [3.63, 3.8) is 0 Å². The number of rotatable bonds is 5. The first-order valence-corrected chi connectivity index (χ1v) is 10.5. The second-order valence-electron chi connectivity index (χ2n) is 7.19. The van der Waals surface area contributed by atoms with Crippen LogP contribution < -0.4 is 4.90 Å². The van der Waals surface area contributed by atoms with Gasteiger partial charge in [-0.2, -0.15) is 5.10 Å². The molecule has 0 aromatic carbocycles. The average molecular weight is 400 g/mol. The lowest BCUT2D eigenvalue weighted by molar-refractivity contribution is 0.0527. The zero-order valence-corrected chi connectivity index (χ0v) is 17.6. The number of pyridine rings is 1. The fraction of sp³-hybridized carbons (Fsp3) is 0.500. The van der Waals surface area contributed by atoms with E-state index in [0.717, 1.165) is 40.3 Å². The van der Waals surface area contributed by atoms with Crippen LogP contribution in [0, 0.1) is 6.92 Å². The number of nitrogens with zero attached hydrogens (tertiary/aromatic N) is 5. The minimum Gasteiger partial charge on any atom is -0.462 e. The normalized spacial score (nSPS) is 13.6. The Bertz CT molecular complexity index is 1020. The molecule has 0 amide bonds. The molecule has 3 aromatic rings. The van der Waals surface area contributed by atoms with E-state index in [1.165, 1.54) is 23.4 Å². The number of carbonyl (C=O) groups is 1. The molecule has 1 aliphatic carbocycles. The Hall–Kier alpha value is -2.48. The van der Waals surface area contributed by atoms with E-state index in [-0.39, 0.29) is 5.97 Å². The van der Waals surface area contributed by atoms with E-state index in [2.05, 4.69) is 15.0 Å². The largest absolute Gasteiger partial charge is 0.462 e. The van der Waals surface area contributed by atoms with E-state index in [0.29, 0.717) is 18.7 Å². The number of esters is 1. The molecule has 7 nitrogen and oxygen atoms in total. The van der Waals surface area contributed by atoms with Crippen molar-refractivity contribution in [2.45, 2.75) is 46.1 Å². The van der Waals surface area contributed by atoms with Crippen molar-refractivity contribution in [3.8, 4) is 0 Å². The molecule has 0 aliphatic heterocycles. The molecule has 0 saturated heterocycles. The van der Waals surface area contributed by atoms with E-state index < -0.39 is 0 Å². The fourth-order valence-corrected chi connectivity index (χ4v) is 5.11. The monoisotopic (exact) mass is 399 g/mol. The highest BCUT2D eigenvalue weighted by Crippen LogP contribution is 2.34. The Kier molecular flexibility index (Phi) is 5.05. The first-order valence-electron chi connectivity index (χ1n) is 9.67. The predicted octanol–water partition coefficient (Wildman–Crippen LogP) is 3.43. The van der Waals surface area contributed by atoms with E-state index in [1.807, 2.05) is 27.9 Å². The summed E-state index contributed by atoms with van der Waals surface area (Å²) in [5, 5.41) is 6.47. The molecule has 4 rings (SSSR count). The van der Waals surface area contributed by atoms with Crippen LogP contribution in [0.2, 0.25) is 0 Å². The molecule has 3 aromatic heterocycles. The molecular weight excluding hydrogens is 374 g/mol. The quantitative estimate of drug-likeness (QED) is 0.612. The Labute approximate surface area is 168 Å². The van der Waals surface area contributed by atoms with Gasteiger partial charge < -0.3 is 9.64 Å². The molecule has 1 aliphatic rings. The number of aryl methyl sites for hydroxylation is 4. The number of aromatic nitrogens is 4. The molecule has 0 unspecified atom stereocenters. The summed E-state index contributed by atoms with van der Waals surface area (Å²) in [4.78, 5) is 25.4. The number of carbonyl (C=O) groups excluding carboxylic acids is 1. The van der Waals surface area contributed by atoms with Gasteiger partial charge in [-0.15, -0.1) is 11.3 Å². The van der Waals surface area contributed by atoms with E-state index >= 15 is 0 Å². The summed E-state index contributed by atoms with van der Waals surface area (Å²) in [6.07, 6.45) is 6.27. The van der Waals surface area contributed by atoms with Crippen molar-refractivity contribution < 1.29 is 9.53 Å². The van der Waals surface area contributed by atoms with Gasteiger partial charge in [-0.05, 0) is 39.5 Å². The zero-order valence-electron chi connectivity index (χ0n) is 16.8. The summed E-state index contributed by atoms with van der Waals surface area (Å²) in [5.41, 5.74) is 4.13. The third-order valence-electron chi connectivity index (χ3n) is 5.14. The maximum absolute atomic E-state index is 12.6. The van der Waals surface area contributed by atoms with Crippen LogP contribution in [0.25, 0.3) is 11.0 Å². The number of fused-ring (bicyclic) bond motifs is 2. The maximum atomic E-state index is 12.6. The van der Waals surface area contributed by atoms with Crippen LogP contribution in [0.3, 0.4) is 0 Å². The second-order valence-corrected chi connectivity index (χ2v) is 8.36. The molecule has 0 bridgehead atoms. The van der Waals surface area contributed by atoms with Crippen molar-refractivity contribution in [1.82, 2.24) is 19.7 Å². The maximum Gasteiger partial charge on any atom is 0.341 e. The number of thiazole rings is 1. The van der Waals surface area contributed by atoms with Gasteiger partial charge in [-0.1, -0.05) is 0 Å². The fourth-order valence-electron chi connectivity index (χ4n) is 3.90. The van der Waals surface area contributed by atoms with E-state index in [1.54, 1.807) is 22.2 Å². The third kappa shape index (κ3) is 3.26. The Morgan fingerprint density at radius 3 is 2.89 bits per heavy atom. The first kappa shape index (κ1) is 18.9. The molecular formula is C20H25N5O2S. The molecule has 0 atom stereocenters. The molecule has 28 heavy (non-hydrogen) atoms. The number of hydrogen-bond donors (Lipinski definition) is 0. The van der Waals surface area contributed by atoms with Gasteiger partial charge in [0.15, 0.2) is 5.65 Å². The summed E-state index contributed by atoms with van der Waals surface area (Å²) >= 11 is 1.79. The molecule has 0 radical (unpaired) electrons. The van der Waals surface area contributed by atoms with Crippen LogP contribution in [-0.2, 0) is 31.2 Å². The Morgan fingerprint density at radius 1 is 1.36 bits per heavy atom. The Morgan fingerprint density at radius 2 is 2.14 bits per heavy atom. The highest BCUT2D eigenvalue weighted by Gasteiger charge is 2.24. The van der Waals surface area contributed by atoms with Gasteiger partial charge in [0.05, 0.1) is 35.6 Å². The molecule has 8 heteroatoms. The summed E-state index contributed by atoms with van der Waals surface area (Å²) in [6, 6.07) is 0. The lowest BCUT2D eigenvalue weighted by Crippen LogP contribution is -2.21. The van der Waals surface area contributed by atoms with Crippen molar-refractivity contribution in [2.24, 2.45) is 7.05 Å². The van der Waals surface area contributed by atoms with Crippen LogP contribution in [0.4, 0.5) is 5.69 Å². The van der Waals surface area contributed by atoms with Crippen molar-refractivity contribution in [2.75, 3.05) is 18.6 Å². The van der Waals surface area contributed by atoms with Gasteiger partial charge >= 0.3 is 5.97 Å². The molecule has 0 saturated carbocycles.